The molecule has 174 valence electrons. The Hall–Kier alpha value is -2.89. The quantitative estimate of drug-likeness (QED) is 0.557. The Kier molecular flexibility index (Phi) is 8.42. The summed E-state index contributed by atoms with van der Waals surface area (Å²) in [5.74, 6) is -0.475. The molecule has 0 unspecified atom stereocenters. The predicted molar refractivity (Wildman–Crippen MR) is 127 cm³/mol. The average Bonchev–Trinajstić information content (AvgIpc) is 2.64. The lowest BCUT2D eigenvalue weighted by Gasteiger charge is -2.23. The van der Waals surface area contributed by atoms with Gasteiger partial charge in [0.05, 0.1) is 0 Å². The van der Waals surface area contributed by atoms with Gasteiger partial charge in [0, 0.05) is 29.9 Å². The van der Waals surface area contributed by atoms with Gasteiger partial charge in [0.2, 0.25) is 0 Å². The molecule has 1 amide bonds. The van der Waals surface area contributed by atoms with E-state index in [2.05, 4.69) is 19.2 Å². The summed E-state index contributed by atoms with van der Waals surface area (Å²) in [6.45, 7) is 14.0. The van der Waals surface area contributed by atoms with E-state index in [4.69, 9.17) is 9.72 Å². The van der Waals surface area contributed by atoms with E-state index >= 15 is 0 Å². The van der Waals surface area contributed by atoms with Crippen LogP contribution in [0, 0.1) is 19.8 Å². The fourth-order valence-electron chi connectivity index (χ4n) is 3.67. The van der Waals surface area contributed by atoms with E-state index < -0.39 is 17.7 Å². The first-order valence-electron chi connectivity index (χ1n) is 11.1. The lowest BCUT2D eigenvalue weighted by molar-refractivity contribution is -0.136. The van der Waals surface area contributed by atoms with Crippen LogP contribution >= 0.6 is 0 Å². The van der Waals surface area contributed by atoms with Crippen LogP contribution < -0.4 is 5.32 Å². The molecule has 1 aromatic carbocycles. The van der Waals surface area contributed by atoms with Gasteiger partial charge in [-0.25, -0.2) is 4.79 Å². The van der Waals surface area contributed by atoms with Crippen molar-refractivity contribution in [3.8, 4) is 11.1 Å². The van der Waals surface area contributed by atoms with Crippen LogP contribution in [0.4, 0.5) is 4.79 Å². The van der Waals surface area contributed by atoms with Crippen molar-refractivity contribution in [3.05, 3.63) is 52.3 Å². The highest BCUT2D eigenvalue weighted by atomic mass is 16.6. The summed E-state index contributed by atoms with van der Waals surface area (Å²) >= 11 is 0. The second-order valence-electron chi connectivity index (χ2n) is 9.69. The molecule has 0 aliphatic rings. The van der Waals surface area contributed by atoms with Gasteiger partial charge in [-0.3, -0.25) is 9.78 Å². The zero-order valence-corrected chi connectivity index (χ0v) is 20.3. The second-order valence-corrected chi connectivity index (χ2v) is 9.69. The standard InChI is InChI=1S/C26H36N2O4/c1-16(2)14-22-21(15-27-25(31)32-26(5,6)7)24(19-10-8-17(3)9-11-19)20(18(4)28-22)12-13-23(29)30/h8-11,16H,12-15H2,1-7H3,(H,27,31)(H,29,30). The number of ether oxygens (including phenoxy) is 1. The van der Waals surface area contributed by atoms with Gasteiger partial charge in [-0.05, 0) is 70.1 Å². The molecule has 32 heavy (non-hydrogen) atoms. The highest BCUT2D eigenvalue weighted by Crippen LogP contribution is 2.33. The summed E-state index contributed by atoms with van der Waals surface area (Å²) in [5, 5.41) is 12.2. The largest absolute Gasteiger partial charge is 0.481 e. The Morgan fingerprint density at radius 2 is 1.72 bits per heavy atom. The number of carboxylic acids is 1. The van der Waals surface area contributed by atoms with Gasteiger partial charge in [0.15, 0.2) is 0 Å². The fourth-order valence-corrected chi connectivity index (χ4v) is 3.67. The molecule has 6 nitrogen and oxygen atoms in total. The van der Waals surface area contributed by atoms with E-state index in [1.54, 1.807) is 0 Å². The van der Waals surface area contributed by atoms with Gasteiger partial charge >= 0.3 is 12.1 Å². The number of aliphatic carboxylic acids is 1. The molecule has 0 aliphatic carbocycles. The van der Waals surface area contributed by atoms with Gasteiger partial charge in [-0.2, -0.15) is 0 Å². The predicted octanol–water partition coefficient (Wildman–Crippen LogP) is 5.61. The number of alkyl carbamates (subject to hydrolysis) is 1. The molecule has 0 radical (unpaired) electrons. The number of nitrogens with zero attached hydrogens (tertiary/aromatic N) is 1. The summed E-state index contributed by atoms with van der Waals surface area (Å²) in [6.07, 6.45) is 0.655. The van der Waals surface area contributed by atoms with E-state index in [9.17, 15) is 14.7 Å². The third-order valence-electron chi connectivity index (χ3n) is 5.03. The van der Waals surface area contributed by atoms with E-state index in [-0.39, 0.29) is 13.0 Å². The zero-order valence-electron chi connectivity index (χ0n) is 20.3. The number of aryl methyl sites for hydroxylation is 2. The van der Waals surface area contributed by atoms with Crippen LogP contribution in [0.1, 0.15) is 69.1 Å². The van der Waals surface area contributed by atoms with Crippen LogP contribution in [0.2, 0.25) is 0 Å². The number of hydrogen-bond acceptors (Lipinski definition) is 4. The average molecular weight is 441 g/mol. The molecule has 0 fully saturated rings. The van der Waals surface area contributed by atoms with E-state index in [0.29, 0.717) is 12.3 Å². The number of carbonyl (C=O) groups is 2. The summed E-state index contributed by atoms with van der Waals surface area (Å²) in [5.41, 5.74) is 6.08. The number of rotatable bonds is 8. The smallest absolute Gasteiger partial charge is 0.407 e. The number of nitrogens with one attached hydrogen (secondary N) is 1. The van der Waals surface area contributed by atoms with Gasteiger partial charge in [-0.15, -0.1) is 0 Å². The maximum absolute atomic E-state index is 12.4. The van der Waals surface area contributed by atoms with Crippen molar-refractivity contribution in [1.29, 1.82) is 0 Å². The lowest BCUT2D eigenvalue weighted by Crippen LogP contribution is -2.32. The topological polar surface area (TPSA) is 88.5 Å². The van der Waals surface area contributed by atoms with Crippen LogP contribution in [0.25, 0.3) is 11.1 Å². The van der Waals surface area contributed by atoms with Crippen LogP contribution in [0.15, 0.2) is 24.3 Å². The van der Waals surface area contributed by atoms with Crippen LogP contribution in [-0.4, -0.2) is 27.8 Å². The Bertz CT molecular complexity index is 957. The molecule has 0 saturated heterocycles. The zero-order chi connectivity index (χ0) is 24.1. The molecule has 0 saturated carbocycles. The maximum Gasteiger partial charge on any atom is 0.407 e. The third kappa shape index (κ3) is 7.36. The number of benzene rings is 1. The highest BCUT2D eigenvalue weighted by Gasteiger charge is 2.22. The van der Waals surface area contributed by atoms with Crippen molar-refractivity contribution in [1.82, 2.24) is 10.3 Å². The molecule has 2 rings (SSSR count). The van der Waals surface area contributed by atoms with Crippen molar-refractivity contribution >= 4 is 12.1 Å². The monoisotopic (exact) mass is 440 g/mol. The summed E-state index contributed by atoms with van der Waals surface area (Å²) in [7, 11) is 0. The number of aromatic nitrogens is 1. The van der Waals surface area contributed by atoms with E-state index in [1.165, 1.54) is 0 Å². The van der Waals surface area contributed by atoms with Gasteiger partial charge < -0.3 is 15.2 Å². The SMILES string of the molecule is Cc1ccc(-c2c(CCC(=O)O)c(C)nc(CC(C)C)c2CNC(=O)OC(C)(C)C)cc1. The number of hydrogen-bond donors (Lipinski definition) is 2. The first-order chi connectivity index (χ1) is 14.9. The van der Waals surface area contributed by atoms with Crippen molar-refractivity contribution in [2.75, 3.05) is 0 Å². The molecule has 0 aliphatic heterocycles. The molecule has 2 aromatic rings. The molecule has 0 bridgehead atoms. The molecule has 1 aromatic heterocycles. The Labute approximate surface area is 191 Å². The molecule has 0 spiro atoms. The fraction of sp³-hybridized carbons (Fsp3) is 0.500. The molecule has 1 heterocycles. The van der Waals surface area contributed by atoms with Crippen molar-refractivity contribution in [2.24, 2.45) is 5.92 Å². The van der Waals surface area contributed by atoms with E-state index in [1.807, 2.05) is 58.9 Å². The summed E-state index contributed by atoms with van der Waals surface area (Å²) < 4.78 is 5.43. The minimum Gasteiger partial charge on any atom is -0.481 e. The van der Waals surface area contributed by atoms with Crippen molar-refractivity contribution in [2.45, 2.75) is 79.9 Å². The molecule has 2 N–H and O–H groups in total. The number of carboxylic acid groups (broad SMARTS) is 1. The minimum absolute atomic E-state index is 0.0177. The van der Waals surface area contributed by atoms with Crippen LogP contribution in [0.5, 0.6) is 0 Å². The van der Waals surface area contributed by atoms with Crippen molar-refractivity contribution in [3.63, 3.8) is 0 Å². The van der Waals surface area contributed by atoms with Crippen LogP contribution in [-0.2, 0) is 28.9 Å². The Morgan fingerprint density at radius 1 is 1.09 bits per heavy atom. The normalized spacial score (nSPS) is 11.5. The number of amides is 1. The van der Waals surface area contributed by atoms with Gasteiger partial charge in [0.25, 0.3) is 0 Å². The summed E-state index contributed by atoms with van der Waals surface area (Å²) in [4.78, 5) is 28.6. The Morgan fingerprint density at radius 3 is 2.25 bits per heavy atom. The second kappa shape index (κ2) is 10.6. The number of pyridine rings is 1. The van der Waals surface area contributed by atoms with Gasteiger partial charge in [0.1, 0.15) is 5.60 Å². The van der Waals surface area contributed by atoms with Crippen molar-refractivity contribution < 1.29 is 19.4 Å². The minimum atomic E-state index is -0.848. The lowest BCUT2D eigenvalue weighted by atomic mass is 9.88. The maximum atomic E-state index is 12.4. The third-order valence-corrected chi connectivity index (χ3v) is 5.03. The first-order valence-corrected chi connectivity index (χ1v) is 11.1. The number of carbonyl (C=O) groups excluding carboxylic acids is 1. The summed E-state index contributed by atoms with van der Waals surface area (Å²) in [6, 6.07) is 8.17. The van der Waals surface area contributed by atoms with Crippen LogP contribution in [0.3, 0.4) is 0 Å². The van der Waals surface area contributed by atoms with Gasteiger partial charge in [-0.1, -0.05) is 43.7 Å². The Balaban J connectivity index is 2.63. The molecular formula is C26H36N2O4. The molecule has 0 atom stereocenters. The highest BCUT2D eigenvalue weighted by molar-refractivity contribution is 5.75. The molecule has 6 heteroatoms. The van der Waals surface area contributed by atoms with E-state index in [0.717, 1.165) is 45.6 Å². The first kappa shape index (κ1) is 25.4. The molecular weight excluding hydrogens is 404 g/mol.